The SMILES string of the molecule is C=CC(C=C)[SiH2]OCCC. The maximum Gasteiger partial charge on any atom is 0.171 e. The van der Waals surface area contributed by atoms with Crippen LogP contribution in [0.15, 0.2) is 25.3 Å². The molecule has 0 aliphatic carbocycles. The zero-order valence-electron chi connectivity index (χ0n) is 6.68. The monoisotopic (exact) mass is 156 g/mol. The average molecular weight is 156 g/mol. The van der Waals surface area contributed by atoms with Gasteiger partial charge in [0.1, 0.15) is 0 Å². The van der Waals surface area contributed by atoms with E-state index in [4.69, 9.17) is 4.43 Å². The van der Waals surface area contributed by atoms with Crippen LogP contribution in [0.2, 0.25) is 5.54 Å². The summed E-state index contributed by atoms with van der Waals surface area (Å²) in [6.45, 7) is 10.4. The van der Waals surface area contributed by atoms with E-state index in [1.807, 2.05) is 12.2 Å². The Bertz CT molecular complexity index is 93.4. The van der Waals surface area contributed by atoms with Crippen LogP contribution in [0.25, 0.3) is 0 Å². The number of hydrogen-bond acceptors (Lipinski definition) is 1. The van der Waals surface area contributed by atoms with Gasteiger partial charge < -0.3 is 4.43 Å². The van der Waals surface area contributed by atoms with E-state index >= 15 is 0 Å². The van der Waals surface area contributed by atoms with E-state index < -0.39 is 9.76 Å². The van der Waals surface area contributed by atoms with E-state index in [1.165, 1.54) is 0 Å². The fourth-order valence-corrected chi connectivity index (χ4v) is 1.60. The van der Waals surface area contributed by atoms with Gasteiger partial charge in [-0.05, 0) is 6.42 Å². The average Bonchev–Trinajstić information content (AvgIpc) is 1.99. The zero-order valence-corrected chi connectivity index (χ0v) is 8.09. The lowest BCUT2D eigenvalue weighted by atomic mass is 10.4. The highest BCUT2D eigenvalue weighted by atomic mass is 28.2. The Morgan fingerprint density at radius 2 is 2.10 bits per heavy atom. The van der Waals surface area contributed by atoms with Gasteiger partial charge in [0.25, 0.3) is 0 Å². The van der Waals surface area contributed by atoms with Crippen molar-refractivity contribution < 1.29 is 4.43 Å². The molecule has 0 aromatic heterocycles. The highest BCUT2D eigenvalue weighted by Gasteiger charge is 1.97. The molecule has 2 heteroatoms. The van der Waals surface area contributed by atoms with E-state index in [2.05, 4.69) is 20.1 Å². The lowest BCUT2D eigenvalue weighted by molar-refractivity contribution is 0.334. The summed E-state index contributed by atoms with van der Waals surface area (Å²) >= 11 is 0. The molecule has 0 unspecified atom stereocenters. The van der Waals surface area contributed by atoms with Gasteiger partial charge in [-0.3, -0.25) is 0 Å². The molecular formula is C8H16OSi. The smallest absolute Gasteiger partial charge is 0.171 e. The third-order valence-corrected chi connectivity index (χ3v) is 2.84. The fraction of sp³-hybridized carbons (Fsp3) is 0.500. The first-order valence-electron chi connectivity index (χ1n) is 3.68. The third kappa shape index (κ3) is 4.53. The summed E-state index contributed by atoms with van der Waals surface area (Å²) in [5.41, 5.74) is 0.451. The lowest BCUT2D eigenvalue weighted by Gasteiger charge is -2.05. The van der Waals surface area contributed by atoms with Crippen molar-refractivity contribution in [1.82, 2.24) is 0 Å². The van der Waals surface area contributed by atoms with Crippen molar-refractivity contribution in [3.8, 4) is 0 Å². The molecule has 1 nitrogen and oxygen atoms in total. The second kappa shape index (κ2) is 6.77. The predicted octanol–water partition coefficient (Wildman–Crippen LogP) is 1.66. The quantitative estimate of drug-likeness (QED) is 0.323. The maximum absolute atomic E-state index is 5.42. The van der Waals surface area contributed by atoms with Crippen molar-refractivity contribution in [2.45, 2.75) is 18.9 Å². The van der Waals surface area contributed by atoms with E-state index in [0.717, 1.165) is 13.0 Å². The van der Waals surface area contributed by atoms with Crippen molar-refractivity contribution >= 4 is 9.76 Å². The van der Waals surface area contributed by atoms with Crippen LogP contribution in [0, 0.1) is 0 Å². The number of allylic oxidation sites excluding steroid dienone is 2. The van der Waals surface area contributed by atoms with Crippen LogP contribution >= 0.6 is 0 Å². The summed E-state index contributed by atoms with van der Waals surface area (Å²) in [4.78, 5) is 0. The van der Waals surface area contributed by atoms with Crippen LogP contribution in [0.1, 0.15) is 13.3 Å². The minimum absolute atomic E-state index is 0.422. The summed E-state index contributed by atoms with van der Waals surface area (Å²) < 4.78 is 5.42. The number of hydrogen-bond donors (Lipinski definition) is 0. The van der Waals surface area contributed by atoms with Gasteiger partial charge in [0.15, 0.2) is 9.76 Å². The summed E-state index contributed by atoms with van der Waals surface area (Å²) in [6, 6.07) is 0. The number of rotatable bonds is 6. The first-order valence-corrected chi connectivity index (χ1v) is 5.07. The van der Waals surface area contributed by atoms with Gasteiger partial charge in [-0.1, -0.05) is 19.1 Å². The second-order valence-corrected chi connectivity index (χ2v) is 3.89. The summed E-state index contributed by atoms with van der Waals surface area (Å²) in [5.74, 6) is 0. The van der Waals surface area contributed by atoms with E-state index in [0.29, 0.717) is 5.54 Å². The van der Waals surface area contributed by atoms with Crippen molar-refractivity contribution in [2.24, 2.45) is 0 Å². The van der Waals surface area contributed by atoms with Gasteiger partial charge >= 0.3 is 0 Å². The molecule has 0 heterocycles. The molecule has 0 saturated heterocycles. The Morgan fingerprint density at radius 1 is 1.50 bits per heavy atom. The first-order chi connectivity index (χ1) is 4.85. The lowest BCUT2D eigenvalue weighted by Crippen LogP contribution is -2.04. The molecule has 0 saturated carbocycles. The maximum atomic E-state index is 5.42. The molecule has 0 fully saturated rings. The van der Waals surface area contributed by atoms with Crippen LogP contribution in [-0.4, -0.2) is 16.4 Å². The van der Waals surface area contributed by atoms with E-state index in [-0.39, 0.29) is 0 Å². The third-order valence-electron chi connectivity index (χ3n) is 1.26. The van der Waals surface area contributed by atoms with Gasteiger partial charge in [-0.25, -0.2) is 0 Å². The van der Waals surface area contributed by atoms with Crippen LogP contribution < -0.4 is 0 Å². The minimum atomic E-state index is -0.422. The predicted molar refractivity (Wildman–Crippen MR) is 48.9 cm³/mol. The molecule has 0 spiro atoms. The Labute approximate surface area is 65.7 Å². The Hall–Kier alpha value is -0.343. The molecule has 10 heavy (non-hydrogen) atoms. The molecule has 0 aliphatic rings. The molecule has 0 rings (SSSR count). The fourth-order valence-electron chi connectivity index (χ4n) is 0.596. The largest absolute Gasteiger partial charge is 0.423 e. The van der Waals surface area contributed by atoms with Gasteiger partial charge in [-0.2, -0.15) is 0 Å². The summed E-state index contributed by atoms with van der Waals surface area (Å²) in [6.07, 6.45) is 4.93. The molecule has 0 aromatic carbocycles. The Kier molecular flexibility index (Phi) is 6.54. The van der Waals surface area contributed by atoms with Crippen molar-refractivity contribution in [2.75, 3.05) is 6.61 Å². The van der Waals surface area contributed by atoms with Crippen molar-refractivity contribution in [3.05, 3.63) is 25.3 Å². The molecule has 0 bridgehead atoms. The minimum Gasteiger partial charge on any atom is -0.423 e. The van der Waals surface area contributed by atoms with Crippen LogP contribution in [-0.2, 0) is 4.43 Å². The summed E-state index contributed by atoms with van der Waals surface area (Å²) in [5, 5.41) is 0. The highest BCUT2D eigenvalue weighted by molar-refractivity contribution is 6.31. The molecular weight excluding hydrogens is 140 g/mol. The van der Waals surface area contributed by atoms with Gasteiger partial charge in [0.2, 0.25) is 0 Å². The molecule has 0 atom stereocenters. The van der Waals surface area contributed by atoms with Crippen LogP contribution in [0.4, 0.5) is 0 Å². The topological polar surface area (TPSA) is 9.23 Å². The molecule has 0 aliphatic heterocycles. The van der Waals surface area contributed by atoms with Crippen LogP contribution in [0.5, 0.6) is 0 Å². The Balaban J connectivity index is 3.25. The summed E-state index contributed by atoms with van der Waals surface area (Å²) in [7, 11) is -0.422. The van der Waals surface area contributed by atoms with Gasteiger partial charge in [0.05, 0.1) is 0 Å². The molecule has 0 amide bonds. The zero-order chi connectivity index (χ0) is 7.82. The van der Waals surface area contributed by atoms with Gasteiger partial charge in [-0.15, -0.1) is 13.2 Å². The molecule has 0 aromatic rings. The standard InChI is InChI=1S/C8H16OSi/c1-4-7-9-10-8(5-2)6-3/h5-6,8H,2-4,7,10H2,1H3. The Morgan fingerprint density at radius 3 is 2.50 bits per heavy atom. The van der Waals surface area contributed by atoms with Crippen molar-refractivity contribution in [1.29, 1.82) is 0 Å². The van der Waals surface area contributed by atoms with E-state index in [1.54, 1.807) is 0 Å². The van der Waals surface area contributed by atoms with Crippen molar-refractivity contribution in [3.63, 3.8) is 0 Å². The van der Waals surface area contributed by atoms with Gasteiger partial charge in [0, 0.05) is 12.1 Å². The highest BCUT2D eigenvalue weighted by Crippen LogP contribution is 2.04. The molecule has 58 valence electrons. The second-order valence-electron chi connectivity index (χ2n) is 2.21. The first kappa shape index (κ1) is 9.66. The normalized spacial score (nSPS) is 11.0. The molecule has 0 N–H and O–H groups in total. The van der Waals surface area contributed by atoms with Crippen LogP contribution in [0.3, 0.4) is 0 Å². The van der Waals surface area contributed by atoms with E-state index in [9.17, 15) is 0 Å². The molecule has 0 radical (unpaired) electrons.